The van der Waals surface area contributed by atoms with E-state index in [0.717, 1.165) is 56.3 Å². The van der Waals surface area contributed by atoms with Crippen molar-refractivity contribution in [2.24, 2.45) is 0 Å². The Kier molecular flexibility index (Phi) is 5.52. The molecule has 3 N–H and O–H groups in total. The molecule has 2 aromatic rings. The van der Waals surface area contributed by atoms with E-state index in [9.17, 15) is 0 Å². The fourth-order valence-corrected chi connectivity index (χ4v) is 4.55. The number of nitrogens with zero attached hydrogens (tertiary/aromatic N) is 4. The second kappa shape index (κ2) is 8.04. The number of H-pyrrole nitrogens is 1. The highest BCUT2D eigenvalue weighted by molar-refractivity contribution is 6.30. The molecule has 27 heavy (non-hydrogen) atoms. The molecule has 0 radical (unpaired) electrons. The number of halogens is 1. The lowest BCUT2D eigenvalue weighted by Crippen LogP contribution is -2.47. The average Bonchev–Trinajstić information content (AvgIpc) is 3.30. The minimum absolute atomic E-state index is 0.314. The van der Waals surface area contributed by atoms with Crippen molar-refractivity contribution in [3.63, 3.8) is 0 Å². The number of aromatic amines is 1. The number of hydrogen-bond donors (Lipinski definition) is 2. The largest absolute Gasteiger partial charge is 0.380 e. The van der Waals surface area contributed by atoms with Gasteiger partial charge in [0, 0.05) is 43.9 Å². The fourth-order valence-electron chi connectivity index (χ4n) is 4.43. The van der Waals surface area contributed by atoms with Gasteiger partial charge in [-0.15, -0.1) is 10.2 Å². The zero-order valence-electron chi connectivity index (χ0n) is 15.6. The number of anilines is 2. The lowest BCUT2D eigenvalue weighted by atomic mass is 9.99. The number of piperidine rings is 1. The van der Waals surface area contributed by atoms with Gasteiger partial charge in [0.1, 0.15) is 0 Å². The molecule has 8 heteroatoms. The van der Waals surface area contributed by atoms with Crippen molar-refractivity contribution in [2.75, 3.05) is 37.4 Å². The normalized spacial score (nSPS) is 24.6. The van der Waals surface area contributed by atoms with Crippen molar-refractivity contribution in [2.45, 2.75) is 43.9 Å². The number of nitrogens with two attached hydrogens (primary N) is 1. The maximum Gasteiger partial charge on any atom is 0.226 e. The molecule has 146 valence electrons. The first kappa shape index (κ1) is 18.5. The third kappa shape index (κ3) is 4.20. The zero-order valence-corrected chi connectivity index (χ0v) is 16.4. The summed E-state index contributed by atoms with van der Waals surface area (Å²) in [6, 6.07) is 9.30. The van der Waals surface area contributed by atoms with Gasteiger partial charge in [0.2, 0.25) is 11.9 Å². The number of likely N-dealkylation sites (tertiary alicyclic amines) is 1. The van der Waals surface area contributed by atoms with Crippen molar-refractivity contribution in [3.05, 3.63) is 34.9 Å². The van der Waals surface area contributed by atoms with E-state index in [-0.39, 0.29) is 0 Å². The van der Waals surface area contributed by atoms with Crippen LogP contribution in [0.1, 0.15) is 24.8 Å². The average molecular weight is 391 g/mol. The van der Waals surface area contributed by atoms with Gasteiger partial charge >= 0.3 is 0 Å². The van der Waals surface area contributed by atoms with Crippen molar-refractivity contribution in [1.29, 1.82) is 0 Å². The molecule has 0 aliphatic carbocycles. The van der Waals surface area contributed by atoms with Crippen LogP contribution < -0.4 is 10.6 Å². The molecule has 2 atom stereocenters. The van der Waals surface area contributed by atoms with Crippen molar-refractivity contribution in [1.82, 2.24) is 20.1 Å². The van der Waals surface area contributed by atoms with E-state index in [0.29, 0.717) is 24.1 Å². The molecule has 2 aliphatic rings. The molecule has 7 nitrogen and oxygen atoms in total. The Labute approximate surface area is 164 Å². The van der Waals surface area contributed by atoms with Crippen LogP contribution in [-0.4, -0.2) is 65.0 Å². The summed E-state index contributed by atoms with van der Waals surface area (Å²) in [5.41, 5.74) is 6.99. The van der Waals surface area contributed by atoms with E-state index in [1.54, 1.807) is 0 Å². The first-order chi connectivity index (χ1) is 13.1. The van der Waals surface area contributed by atoms with Gasteiger partial charge in [-0.25, -0.2) is 0 Å². The quantitative estimate of drug-likeness (QED) is 0.815. The Morgan fingerprint density at radius 1 is 1.22 bits per heavy atom. The third-order valence-corrected chi connectivity index (χ3v) is 6.11. The van der Waals surface area contributed by atoms with Gasteiger partial charge < -0.3 is 15.4 Å². The van der Waals surface area contributed by atoms with E-state index in [2.05, 4.69) is 37.1 Å². The van der Waals surface area contributed by atoms with Gasteiger partial charge in [-0.1, -0.05) is 23.7 Å². The molecule has 0 saturated carbocycles. The van der Waals surface area contributed by atoms with Crippen LogP contribution in [0.5, 0.6) is 0 Å². The van der Waals surface area contributed by atoms with Crippen LogP contribution >= 0.6 is 11.6 Å². The predicted molar refractivity (Wildman–Crippen MR) is 107 cm³/mol. The summed E-state index contributed by atoms with van der Waals surface area (Å²) < 4.78 is 5.70. The number of aromatic nitrogens is 3. The summed E-state index contributed by atoms with van der Waals surface area (Å²) >= 11 is 6.04. The van der Waals surface area contributed by atoms with E-state index in [1.165, 1.54) is 5.56 Å². The molecule has 1 aromatic heterocycles. The Hall–Kier alpha value is -1.83. The Morgan fingerprint density at radius 2 is 1.96 bits per heavy atom. The molecule has 2 saturated heterocycles. The second-order valence-corrected chi connectivity index (χ2v) is 7.96. The Balaban J connectivity index is 1.40. The van der Waals surface area contributed by atoms with Crippen LogP contribution in [0, 0.1) is 0 Å². The SMILES string of the molecule is CO[C@H]1CC(Cc2ccc(Cl)cc2)N(C2CCN(c3nnc(N)[nH]3)CC2)C1. The Morgan fingerprint density at radius 3 is 2.59 bits per heavy atom. The van der Waals surface area contributed by atoms with Gasteiger partial charge in [-0.05, 0) is 43.4 Å². The van der Waals surface area contributed by atoms with Gasteiger partial charge in [0.15, 0.2) is 0 Å². The van der Waals surface area contributed by atoms with Crippen molar-refractivity contribution >= 4 is 23.5 Å². The van der Waals surface area contributed by atoms with Crippen LogP contribution in [0.2, 0.25) is 5.02 Å². The summed E-state index contributed by atoms with van der Waals surface area (Å²) in [4.78, 5) is 7.93. The monoisotopic (exact) mass is 390 g/mol. The van der Waals surface area contributed by atoms with Crippen LogP contribution in [0.25, 0.3) is 0 Å². The highest BCUT2D eigenvalue weighted by Gasteiger charge is 2.37. The van der Waals surface area contributed by atoms with E-state index in [4.69, 9.17) is 22.1 Å². The molecular formula is C19H27ClN6O. The highest BCUT2D eigenvalue weighted by Crippen LogP contribution is 2.30. The molecule has 0 amide bonds. The van der Waals surface area contributed by atoms with Gasteiger partial charge in [-0.3, -0.25) is 9.88 Å². The molecule has 0 bridgehead atoms. The van der Waals surface area contributed by atoms with Crippen molar-refractivity contribution < 1.29 is 4.74 Å². The van der Waals surface area contributed by atoms with E-state index in [1.807, 2.05) is 19.2 Å². The number of hydrogen-bond acceptors (Lipinski definition) is 6. The molecule has 2 fully saturated rings. The lowest BCUT2D eigenvalue weighted by Gasteiger charge is -2.39. The standard InChI is InChI=1S/C19H27ClN6O/c1-27-17-11-16(10-13-2-4-14(20)5-3-13)26(12-17)15-6-8-25(9-7-15)19-22-18(21)23-24-19/h2-5,15-17H,6-12H2,1H3,(H3,21,22,23,24)/t16?,17-/m0/s1. The Bertz CT molecular complexity index is 743. The van der Waals surface area contributed by atoms with Crippen molar-refractivity contribution in [3.8, 4) is 0 Å². The molecule has 1 unspecified atom stereocenters. The van der Waals surface area contributed by atoms with Crippen LogP contribution in [-0.2, 0) is 11.2 Å². The van der Waals surface area contributed by atoms with Crippen LogP contribution in [0.4, 0.5) is 11.9 Å². The number of benzene rings is 1. The van der Waals surface area contributed by atoms with Gasteiger partial charge in [0.05, 0.1) is 6.10 Å². The number of nitrogen functional groups attached to an aromatic ring is 1. The topological polar surface area (TPSA) is 83.3 Å². The van der Waals surface area contributed by atoms with E-state index >= 15 is 0 Å². The van der Waals surface area contributed by atoms with E-state index < -0.39 is 0 Å². The maximum absolute atomic E-state index is 6.04. The molecular weight excluding hydrogens is 364 g/mol. The summed E-state index contributed by atoms with van der Waals surface area (Å²) in [7, 11) is 1.82. The molecule has 1 aromatic carbocycles. The van der Waals surface area contributed by atoms with Gasteiger partial charge in [0.25, 0.3) is 0 Å². The number of nitrogens with one attached hydrogen (secondary N) is 1. The zero-order chi connectivity index (χ0) is 18.8. The minimum Gasteiger partial charge on any atom is -0.380 e. The summed E-state index contributed by atoms with van der Waals surface area (Å²) in [6.45, 7) is 2.93. The summed E-state index contributed by atoms with van der Waals surface area (Å²) in [6.07, 6.45) is 4.64. The minimum atomic E-state index is 0.314. The summed E-state index contributed by atoms with van der Waals surface area (Å²) in [5, 5.41) is 8.77. The predicted octanol–water partition coefficient (Wildman–Crippen LogP) is 2.34. The third-order valence-electron chi connectivity index (χ3n) is 5.86. The molecule has 3 heterocycles. The second-order valence-electron chi connectivity index (χ2n) is 7.53. The smallest absolute Gasteiger partial charge is 0.226 e. The first-order valence-corrected chi connectivity index (χ1v) is 9.96. The van der Waals surface area contributed by atoms with Crippen LogP contribution in [0.15, 0.2) is 24.3 Å². The highest BCUT2D eigenvalue weighted by atomic mass is 35.5. The first-order valence-electron chi connectivity index (χ1n) is 9.58. The molecule has 0 spiro atoms. The summed E-state index contributed by atoms with van der Waals surface area (Å²) in [5.74, 6) is 1.15. The van der Waals surface area contributed by atoms with Crippen LogP contribution in [0.3, 0.4) is 0 Å². The number of methoxy groups -OCH3 is 1. The van der Waals surface area contributed by atoms with Gasteiger partial charge in [-0.2, -0.15) is 0 Å². The molecule has 2 aliphatic heterocycles. The maximum atomic E-state index is 6.04. The lowest BCUT2D eigenvalue weighted by molar-refractivity contribution is 0.0945. The fraction of sp³-hybridized carbons (Fsp3) is 0.579. The number of rotatable bonds is 5. The number of ether oxygens (including phenoxy) is 1. The molecule has 4 rings (SSSR count).